The van der Waals surface area contributed by atoms with Gasteiger partial charge in [0.2, 0.25) is 0 Å². The van der Waals surface area contributed by atoms with Crippen LogP contribution in [-0.4, -0.2) is 19.0 Å². The van der Waals surface area contributed by atoms with Crippen molar-refractivity contribution in [3.05, 3.63) is 59.2 Å². The van der Waals surface area contributed by atoms with E-state index in [2.05, 4.69) is 0 Å². The average Bonchev–Trinajstić information content (AvgIpc) is 2.49. The molecule has 0 aliphatic heterocycles. The number of hydrogen-bond donors (Lipinski definition) is 0. The van der Waals surface area contributed by atoms with Crippen LogP contribution in [0.3, 0.4) is 0 Å². The lowest BCUT2D eigenvalue weighted by molar-refractivity contribution is 0.103. The van der Waals surface area contributed by atoms with E-state index in [1.165, 1.54) is 0 Å². The van der Waals surface area contributed by atoms with Crippen molar-refractivity contribution < 1.29 is 14.3 Å². The molecule has 0 aliphatic carbocycles. The van der Waals surface area contributed by atoms with E-state index in [0.717, 1.165) is 5.56 Å². The Morgan fingerprint density at radius 1 is 0.952 bits per heavy atom. The number of ketones is 1. The standard InChI is InChI=1S/C18H20O3/c1-4-20-16-11-10-14(12-17(16)21-5-2)18(19)15-9-7-6-8-13(15)3/h6-12H,4-5H2,1-3H3. The van der Waals surface area contributed by atoms with Crippen LogP contribution in [0.15, 0.2) is 42.5 Å². The molecule has 2 aromatic rings. The van der Waals surface area contributed by atoms with Crippen molar-refractivity contribution in [3.63, 3.8) is 0 Å². The molecular weight excluding hydrogens is 264 g/mol. The molecule has 0 spiro atoms. The Balaban J connectivity index is 2.38. The first-order chi connectivity index (χ1) is 10.2. The molecule has 0 bridgehead atoms. The summed E-state index contributed by atoms with van der Waals surface area (Å²) >= 11 is 0. The first-order valence-electron chi connectivity index (χ1n) is 7.17. The quantitative estimate of drug-likeness (QED) is 0.751. The van der Waals surface area contributed by atoms with E-state index in [4.69, 9.17) is 9.47 Å². The third-order valence-electron chi connectivity index (χ3n) is 3.20. The Morgan fingerprint density at radius 3 is 2.29 bits per heavy atom. The number of carbonyl (C=O) groups excluding carboxylic acids is 1. The molecule has 0 aromatic heterocycles. The van der Waals surface area contributed by atoms with Gasteiger partial charge in [-0.1, -0.05) is 24.3 Å². The molecule has 3 heteroatoms. The summed E-state index contributed by atoms with van der Waals surface area (Å²) in [5.74, 6) is 1.27. The molecule has 0 aliphatic rings. The summed E-state index contributed by atoms with van der Waals surface area (Å²) in [7, 11) is 0. The van der Waals surface area contributed by atoms with Gasteiger partial charge in [0.15, 0.2) is 17.3 Å². The Kier molecular flexibility index (Phi) is 4.99. The maximum Gasteiger partial charge on any atom is 0.193 e. The van der Waals surface area contributed by atoms with Crippen LogP contribution >= 0.6 is 0 Å². The summed E-state index contributed by atoms with van der Waals surface area (Å²) in [6.45, 7) is 6.85. The molecule has 0 saturated carbocycles. The van der Waals surface area contributed by atoms with E-state index < -0.39 is 0 Å². The van der Waals surface area contributed by atoms with E-state index >= 15 is 0 Å². The lowest BCUT2D eigenvalue weighted by Gasteiger charge is -2.12. The first kappa shape index (κ1) is 15.1. The van der Waals surface area contributed by atoms with Crippen LogP contribution in [0.25, 0.3) is 0 Å². The van der Waals surface area contributed by atoms with Crippen molar-refractivity contribution in [2.24, 2.45) is 0 Å². The van der Waals surface area contributed by atoms with Gasteiger partial charge in [0, 0.05) is 11.1 Å². The molecule has 0 N–H and O–H groups in total. The topological polar surface area (TPSA) is 35.5 Å². The number of ether oxygens (including phenoxy) is 2. The number of carbonyl (C=O) groups is 1. The molecule has 110 valence electrons. The van der Waals surface area contributed by atoms with Crippen molar-refractivity contribution in [2.45, 2.75) is 20.8 Å². The van der Waals surface area contributed by atoms with Crippen LogP contribution in [0.5, 0.6) is 11.5 Å². The zero-order valence-corrected chi connectivity index (χ0v) is 12.7. The largest absolute Gasteiger partial charge is 0.490 e. The fraction of sp³-hybridized carbons (Fsp3) is 0.278. The van der Waals surface area contributed by atoms with E-state index in [0.29, 0.717) is 35.8 Å². The summed E-state index contributed by atoms with van der Waals surface area (Å²) in [4.78, 5) is 12.6. The summed E-state index contributed by atoms with van der Waals surface area (Å²) in [5, 5.41) is 0. The molecule has 2 aromatic carbocycles. The minimum atomic E-state index is -0.00268. The van der Waals surface area contributed by atoms with E-state index in [9.17, 15) is 4.79 Å². The number of aryl methyl sites for hydroxylation is 1. The highest BCUT2D eigenvalue weighted by molar-refractivity contribution is 6.10. The van der Waals surface area contributed by atoms with Crippen LogP contribution in [0.4, 0.5) is 0 Å². The van der Waals surface area contributed by atoms with Gasteiger partial charge in [-0.05, 0) is 44.5 Å². The lowest BCUT2D eigenvalue weighted by Crippen LogP contribution is -2.05. The van der Waals surface area contributed by atoms with Crippen molar-refractivity contribution >= 4 is 5.78 Å². The Morgan fingerprint density at radius 2 is 1.62 bits per heavy atom. The molecule has 3 nitrogen and oxygen atoms in total. The van der Waals surface area contributed by atoms with Crippen molar-refractivity contribution in [1.82, 2.24) is 0 Å². The van der Waals surface area contributed by atoms with Crippen molar-refractivity contribution in [1.29, 1.82) is 0 Å². The molecule has 0 amide bonds. The van der Waals surface area contributed by atoms with Gasteiger partial charge in [0.05, 0.1) is 13.2 Å². The van der Waals surface area contributed by atoms with Gasteiger partial charge in [0.1, 0.15) is 0 Å². The molecule has 0 heterocycles. The van der Waals surface area contributed by atoms with Gasteiger partial charge < -0.3 is 9.47 Å². The molecule has 21 heavy (non-hydrogen) atoms. The zero-order chi connectivity index (χ0) is 15.2. The SMILES string of the molecule is CCOc1ccc(C(=O)c2ccccc2C)cc1OCC. The third-order valence-corrected chi connectivity index (χ3v) is 3.20. The van der Waals surface area contributed by atoms with Gasteiger partial charge >= 0.3 is 0 Å². The summed E-state index contributed by atoms with van der Waals surface area (Å²) < 4.78 is 11.1. The van der Waals surface area contributed by atoms with E-state index in [1.54, 1.807) is 18.2 Å². The molecule has 2 rings (SSSR count). The van der Waals surface area contributed by atoms with E-state index in [-0.39, 0.29) is 5.78 Å². The molecule has 0 fully saturated rings. The van der Waals surface area contributed by atoms with Crippen LogP contribution in [0, 0.1) is 6.92 Å². The second-order valence-corrected chi connectivity index (χ2v) is 4.67. The van der Waals surface area contributed by atoms with Gasteiger partial charge in [-0.3, -0.25) is 4.79 Å². The fourth-order valence-corrected chi connectivity index (χ4v) is 2.18. The second kappa shape index (κ2) is 6.93. The molecule has 0 unspecified atom stereocenters. The summed E-state index contributed by atoms with van der Waals surface area (Å²) in [6, 6.07) is 12.9. The number of benzene rings is 2. The van der Waals surface area contributed by atoms with Crippen LogP contribution in [0.2, 0.25) is 0 Å². The van der Waals surface area contributed by atoms with Crippen LogP contribution in [-0.2, 0) is 0 Å². The summed E-state index contributed by atoms with van der Waals surface area (Å²) in [6.07, 6.45) is 0. The second-order valence-electron chi connectivity index (χ2n) is 4.67. The Hall–Kier alpha value is -2.29. The smallest absolute Gasteiger partial charge is 0.193 e. The highest BCUT2D eigenvalue weighted by atomic mass is 16.5. The normalized spacial score (nSPS) is 10.2. The predicted molar refractivity (Wildman–Crippen MR) is 83.4 cm³/mol. The molecular formula is C18H20O3. The molecule has 0 atom stereocenters. The average molecular weight is 284 g/mol. The van der Waals surface area contributed by atoms with E-state index in [1.807, 2.05) is 45.0 Å². The van der Waals surface area contributed by atoms with Gasteiger partial charge in [-0.25, -0.2) is 0 Å². The maximum absolute atomic E-state index is 12.6. The highest BCUT2D eigenvalue weighted by Crippen LogP contribution is 2.29. The van der Waals surface area contributed by atoms with Crippen LogP contribution < -0.4 is 9.47 Å². The maximum atomic E-state index is 12.6. The minimum absolute atomic E-state index is 0.00268. The molecule has 0 radical (unpaired) electrons. The zero-order valence-electron chi connectivity index (χ0n) is 12.7. The molecule has 0 saturated heterocycles. The minimum Gasteiger partial charge on any atom is -0.490 e. The highest BCUT2D eigenvalue weighted by Gasteiger charge is 2.14. The fourth-order valence-electron chi connectivity index (χ4n) is 2.18. The Bertz CT molecular complexity index is 632. The van der Waals surface area contributed by atoms with Gasteiger partial charge in [-0.15, -0.1) is 0 Å². The van der Waals surface area contributed by atoms with Crippen LogP contribution in [0.1, 0.15) is 35.3 Å². The monoisotopic (exact) mass is 284 g/mol. The third kappa shape index (κ3) is 3.43. The number of hydrogen-bond acceptors (Lipinski definition) is 3. The number of rotatable bonds is 6. The van der Waals surface area contributed by atoms with Crippen molar-refractivity contribution in [2.75, 3.05) is 13.2 Å². The lowest BCUT2D eigenvalue weighted by atomic mass is 9.99. The first-order valence-corrected chi connectivity index (χ1v) is 7.17. The van der Waals surface area contributed by atoms with Gasteiger partial charge in [0.25, 0.3) is 0 Å². The van der Waals surface area contributed by atoms with Crippen molar-refractivity contribution in [3.8, 4) is 11.5 Å². The predicted octanol–water partition coefficient (Wildman–Crippen LogP) is 4.02. The summed E-state index contributed by atoms with van der Waals surface area (Å²) in [5.41, 5.74) is 2.29. The Labute approximate surface area is 125 Å². The van der Waals surface area contributed by atoms with Gasteiger partial charge in [-0.2, -0.15) is 0 Å².